The molecule has 1 aromatic carbocycles. The van der Waals surface area contributed by atoms with Gasteiger partial charge in [0.25, 0.3) is 0 Å². The lowest BCUT2D eigenvalue weighted by Crippen LogP contribution is -2.28. The summed E-state index contributed by atoms with van der Waals surface area (Å²) in [5.74, 6) is -0.0253. The van der Waals surface area contributed by atoms with Crippen LogP contribution in [0.15, 0.2) is 35.8 Å². The number of carbonyl (C=O) groups is 2. The van der Waals surface area contributed by atoms with Crippen LogP contribution in [0.4, 0.5) is 10.8 Å². The summed E-state index contributed by atoms with van der Waals surface area (Å²) >= 11 is 1.35. The number of para-hydroxylation sites is 2. The third-order valence-corrected chi connectivity index (χ3v) is 4.22. The highest BCUT2D eigenvalue weighted by Gasteiger charge is 2.36. The monoisotopic (exact) mass is 317 g/mol. The van der Waals surface area contributed by atoms with Crippen molar-refractivity contribution in [2.24, 2.45) is 5.92 Å². The number of methoxy groups -OCH3 is 1. The average Bonchev–Trinajstić information content (AvgIpc) is 3.16. The second kappa shape index (κ2) is 6.15. The van der Waals surface area contributed by atoms with E-state index in [9.17, 15) is 9.59 Å². The number of rotatable bonds is 4. The van der Waals surface area contributed by atoms with E-state index in [0.717, 1.165) is 0 Å². The summed E-state index contributed by atoms with van der Waals surface area (Å²) in [5.41, 5.74) is 0.694. The van der Waals surface area contributed by atoms with Crippen LogP contribution in [0.5, 0.6) is 5.75 Å². The predicted molar refractivity (Wildman–Crippen MR) is 84.2 cm³/mol. The standard InChI is InChI=1S/C15H15N3O3S/c1-21-12-5-3-2-4-11(12)18-9-10(8-13(18)19)14(20)17-15-16-6-7-22-15/h2-7,10H,8-9H2,1H3,(H,16,17,20)/t10-/m0/s1. The van der Waals surface area contributed by atoms with E-state index in [1.807, 2.05) is 18.2 Å². The van der Waals surface area contributed by atoms with Crippen LogP contribution in [0.2, 0.25) is 0 Å². The first-order chi connectivity index (χ1) is 10.7. The molecule has 0 aliphatic carbocycles. The first-order valence-corrected chi connectivity index (χ1v) is 7.70. The summed E-state index contributed by atoms with van der Waals surface area (Å²) in [6.45, 7) is 0.344. The van der Waals surface area contributed by atoms with Crippen molar-refractivity contribution in [3.05, 3.63) is 35.8 Å². The smallest absolute Gasteiger partial charge is 0.231 e. The fourth-order valence-corrected chi connectivity index (χ4v) is 2.99. The Labute approximate surface area is 131 Å². The van der Waals surface area contributed by atoms with Gasteiger partial charge in [0.15, 0.2) is 5.13 Å². The van der Waals surface area contributed by atoms with E-state index in [4.69, 9.17) is 4.74 Å². The first-order valence-electron chi connectivity index (χ1n) is 6.83. The van der Waals surface area contributed by atoms with Gasteiger partial charge in [-0.25, -0.2) is 4.98 Å². The lowest BCUT2D eigenvalue weighted by atomic mass is 10.1. The molecule has 1 atom stereocenters. The lowest BCUT2D eigenvalue weighted by molar-refractivity contribution is -0.122. The van der Waals surface area contributed by atoms with Gasteiger partial charge in [-0.2, -0.15) is 0 Å². The van der Waals surface area contributed by atoms with Crippen molar-refractivity contribution >= 4 is 34.0 Å². The van der Waals surface area contributed by atoms with Crippen molar-refractivity contribution < 1.29 is 14.3 Å². The zero-order valence-corrected chi connectivity index (χ0v) is 12.8. The first kappa shape index (κ1) is 14.5. The molecule has 1 fully saturated rings. The van der Waals surface area contributed by atoms with Gasteiger partial charge in [-0.3, -0.25) is 9.59 Å². The Kier molecular flexibility index (Phi) is 4.06. The minimum atomic E-state index is -0.388. The second-order valence-electron chi connectivity index (χ2n) is 4.90. The van der Waals surface area contributed by atoms with Crippen molar-refractivity contribution in [2.75, 3.05) is 23.9 Å². The number of amides is 2. The Hall–Kier alpha value is -2.41. The van der Waals surface area contributed by atoms with Crippen molar-refractivity contribution in [3.8, 4) is 5.75 Å². The predicted octanol–water partition coefficient (Wildman–Crippen LogP) is 2.14. The Bertz CT molecular complexity index is 687. The largest absolute Gasteiger partial charge is 0.495 e. The Balaban J connectivity index is 1.74. The van der Waals surface area contributed by atoms with Crippen LogP contribution in [0.25, 0.3) is 0 Å². The van der Waals surface area contributed by atoms with E-state index in [2.05, 4.69) is 10.3 Å². The number of benzene rings is 1. The zero-order valence-electron chi connectivity index (χ0n) is 12.0. The molecule has 0 radical (unpaired) electrons. The summed E-state index contributed by atoms with van der Waals surface area (Å²) in [4.78, 5) is 30.1. The maximum Gasteiger partial charge on any atom is 0.231 e. The Morgan fingerprint density at radius 3 is 3.00 bits per heavy atom. The Morgan fingerprint density at radius 1 is 1.45 bits per heavy atom. The number of anilines is 2. The molecule has 2 heterocycles. The van der Waals surface area contributed by atoms with Crippen LogP contribution < -0.4 is 15.0 Å². The van der Waals surface area contributed by atoms with Crippen LogP contribution in [-0.2, 0) is 9.59 Å². The van der Waals surface area contributed by atoms with Gasteiger partial charge in [0.1, 0.15) is 5.75 Å². The van der Waals surface area contributed by atoms with Crippen molar-refractivity contribution in [2.45, 2.75) is 6.42 Å². The Morgan fingerprint density at radius 2 is 2.27 bits per heavy atom. The number of nitrogens with zero attached hydrogens (tertiary/aromatic N) is 2. The van der Waals surface area contributed by atoms with Crippen LogP contribution in [0.3, 0.4) is 0 Å². The topological polar surface area (TPSA) is 71.5 Å². The van der Waals surface area contributed by atoms with Crippen molar-refractivity contribution in [1.29, 1.82) is 0 Å². The molecule has 1 aliphatic rings. The number of nitrogens with one attached hydrogen (secondary N) is 1. The molecule has 1 saturated heterocycles. The molecular formula is C15H15N3O3S. The van der Waals surface area contributed by atoms with Gasteiger partial charge in [0, 0.05) is 24.5 Å². The molecule has 3 rings (SSSR count). The van der Waals surface area contributed by atoms with Crippen LogP contribution in [0.1, 0.15) is 6.42 Å². The number of ether oxygens (including phenoxy) is 1. The third kappa shape index (κ3) is 2.80. The van der Waals surface area contributed by atoms with E-state index in [-0.39, 0.29) is 24.2 Å². The normalized spacial score (nSPS) is 17.6. The number of carbonyl (C=O) groups excluding carboxylic acids is 2. The van der Waals surface area contributed by atoms with Crippen LogP contribution in [0, 0.1) is 5.92 Å². The SMILES string of the molecule is COc1ccccc1N1C[C@@H](C(=O)Nc2nccs2)CC1=O. The van der Waals surface area contributed by atoms with Gasteiger partial charge in [-0.05, 0) is 12.1 Å². The van der Waals surface area contributed by atoms with E-state index in [0.29, 0.717) is 23.1 Å². The molecule has 22 heavy (non-hydrogen) atoms. The fourth-order valence-electron chi connectivity index (χ4n) is 2.46. The highest BCUT2D eigenvalue weighted by molar-refractivity contribution is 7.13. The summed E-state index contributed by atoms with van der Waals surface area (Å²) in [7, 11) is 1.56. The molecule has 2 aromatic rings. The fraction of sp³-hybridized carbons (Fsp3) is 0.267. The van der Waals surface area contributed by atoms with Crippen molar-refractivity contribution in [1.82, 2.24) is 4.98 Å². The molecule has 1 N–H and O–H groups in total. The number of hydrogen-bond acceptors (Lipinski definition) is 5. The molecule has 0 bridgehead atoms. The summed E-state index contributed by atoms with van der Waals surface area (Å²) in [6, 6.07) is 7.30. The zero-order chi connectivity index (χ0) is 15.5. The van der Waals surface area contributed by atoms with Gasteiger partial charge < -0.3 is 15.0 Å². The van der Waals surface area contributed by atoms with Crippen LogP contribution >= 0.6 is 11.3 Å². The van der Waals surface area contributed by atoms with Gasteiger partial charge >= 0.3 is 0 Å². The molecule has 114 valence electrons. The molecule has 2 amide bonds. The number of aromatic nitrogens is 1. The minimum absolute atomic E-state index is 0.0798. The number of hydrogen-bond donors (Lipinski definition) is 1. The van der Waals surface area contributed by atoms with E-state index in [1.165, 1.54) is 11.3 Å². The van der Waals surface area contributed by atoms with E-state index < -0.39 is 0 Å². The average molecular weight is 317 g/mol. The molecule has 0 spiro atoms. The quantitative estimate of drug-likeness (QED) is 0.938. The summed E-state index contributed by atoms with van der Waals surface area (Å²) < 4.78 is 5.28. The molecule has 0 unspecified atom stereocenters. The molecule has 7 heteroatoms. The van der Waals surface area contributed by atoms with Crippen molar-refractivity contribution in [3.63, 3.8) is 0 Å². The summed E-state index contributed by atoms with van der Waals surface area (Å²) in [6.07, 6.45) is 1.82. The molecule has 1 aliphatic heterocycles. The van der Waals surface area contributed by atoms with Gasteiger partial charge in [0.2, 0.25) is 11.8 Å². The van der Waals surface area contributed by atoms with E-state index in [1.54, 1.807) is 29.7 Å². The second-order valence-corrected chi connectivity index (χ2v) is 5.80. The minimum Gasteiger partial charge on any atom is -0.495 e. The van der Waals surface area contributed by atoms with Crippen LogP contribution in [-0.4, -0.2) is 30.5 Å². The van der Waals surface area contributed by atoms with E-state index >= 15 is 0 Å². The molecule has 1 aromatic heterocycles. The maximum atomic E-state index is 12.2. The van der Waals surface area contributed by atoms with Gasteiger partial charge in [0.05, 0.1) is 18.7 Å². The lowest BCUT2D eigenvalue weighted by Gasteiger charge is -2.19. The van der Waals surface area contributed by atoms with Gasteiger partial charge in [-0.1, -0.05) is 12.1 Å². The highest BCUT2D eigenvalue weighted by atomic mass is 32.1. The van der Waals surface area contributed by atoms with Gasteiger partial charge in [-0.15, -0.1) is 11.3 Å². The third-order valence-electron chi connectivity index (χ3n) is 3.53. The number of thiazole rings is 1. The molecule has 6 nitrogen and oxygen atoms in total. The molecular weight excluding hydrogens is 302 g/mol. The highest BCUT2D eigenvalue weighted by Crippen LogP contribution is 2.33. The molecule has 0 saturated carbocycles. The summed E-state index contributed by atoms with van der Waals surface area (Å²) in [5, 5.41) is 5.08. The maximum absolute atomic E-state index is 12.2.